The first-order valence-corrected chi connectivity index (χ1v) is 4.62. The third-order valence-corrected chi connectivity index (χ3v) is 2.98. The Hall–Kier alpha value is -0.610. The Bertz CT molecular complexity index is 205. The molecule has 0 aromatic carbocycles. The summed E-state index contributed by atoms with van der Waals surface area (Å²) in [5.41, 5.74) is 0. The maximum Gasteiger partial charge on any atom is 0.320 e. The van der Waals surface area contributed by atoms with Crippen LogP contribution in [0.1, 0.15) is 20.8 Å². The van der Waals surface area contributed by atoms with Crippen molar-refractivity contribution in [1.29, 1.82) is 0 Å². The third kappa shape index (κ3) is 1.84. The van der Waals surface area contributed by atoms with E-state index in [2.05, 4.69) is 5.32 Å². The zero-order valence-corrected chi connectivity index (χ0v) is 8.19. The van der Waals surface area contributed by atoms with Crippen LogP contribution in [-0.4, -0.2) is 34.4 Å². The number of rotatable bonds is 2. The van der Waals surface area contributed by atoms with Crippen LogP contribution in [0.25, 0.3) is 0 Å². The minimum absolute atomic E-state index is 0.0208. The van der Waals surface area contributed by atoms with E-state index in [-0.39, 0.29) is 17.9 Å². The number of carbonyl (C=O) groups is 1. The van der Waals surface area contributed by atoms with Gasteiger partial charge in [-0.1, -0.05) is 6.92 Å². The van der Waals surface area contributed by atoms with E-state index in [9.17, 15) is 9.90 Å². The van der Waals surface area contributed by atoms with Gasteiger partial charge in [-0.15, -0.1) is 0 Å². The van der Waals surface area contributed by atoms with Crippen molar-refractivity contribution in [1.82, 2.24) is 5.32 Å². The van der Waals surface area contributed by atoms with E-state index in [0.717, 1.165) is 0 Å². The standard InChI is InChI=1S/C9H17NO3/c1-4-7(6(3)11)5(2)10-8(4)9(12)13/h4-8,10-11H,1-3H3,(H,12,13)/t4-,5+,6-,7-,8+/m1/s1. The van der Waals surface area contributed by atoms with Gasteiger partial charge >= 0.3 is 5.97 Å². The molecule has 3 N–H and O–H groups in total. The molecule has 4 nitrogen and oxygen atoms in total. The molecule has 13 heavy (non-hydrogen) atoms. The van der Waals surface area contributed by atoms with Gasteiger partial charge in [-0.05, 0) is 19.8 Å². The monoisotopic (exact) mass is 187 g/mol. The summed E-state index contributed by atoms with van der Waals surface area (Å²) in [4.78, 5) is 10.8. The summed E-state index contributed by atoms with van der Waals surface area (Å²) in [6, 6.07) is -0.453. The van der Waals surface area contributed by atoms with Gasteiger partial charge in [-0.2, -0.15) is 0 Å². The molecule has 4 heteroatoms. The molecule has 0 bridgehead atoms. The predicted molar refractivity (Wildman–Crippen MR) is 48.4 cm³/mol. The highest BCUT2D eigenvalue weighted by atomic mass is 16.4. The number of nitrogens with one attached hydrogen (secondary N) is 1. The van der Waals surface area contributed by atoms with Crippen LogP contribution in [0.3, 0.4) is 0 Å². The van der Waals surface area contributed by atoms with Gasteiger partial charge in [-0.3, -0.25) is 4.79 Å². The van der Waals surface area contributed by atoms with E-state index in [1.807, 2.05) is 13.8 Å². The number of carboxylic acids is 1. The molecular formula is C9H17NO3. The molecule has 0 amide bonds. The highest BCUT2D eigenvalue weighted by Gasteiger charge is 2.43. The Labute approximate surface area is 78.0 Å². The maximum absolute atomic E-state index is 10.8. The second-order valence-electron chi connectivity index (χ2n) is 3.95. The van der Waals surface area contributed by atoms with Gasteiger partial charge in [0.25, 0.3) is 0 Å². The van der Waals surface area contributed by atoms with Crippen LogP contribution >= 0.6 is 0 Å². The van der Waals surface area contributed by atoms with E-state index >= 15 is 0 Å². The minimum atomic E-state index is -0.831. The Morgan fingerprint density at radius 2 is 2.00 bits per heavy atom. The van der Waals surface area contributed by atoms with Crippen LogP contribution in [0, 0.1) is 11.8 Å². The van der Waals surface area contributed by atoms with Gasteiger partial charge in [0.1, 0.15) is 6.04 Å². The molecule has 0 saturated carbocycles. The van der Waals surface area contributed by atoms with Crippen LogP contribution in [0.2, 0.25) is 0 Å². The number of hydrogen-bond donors (Lipinski definition) is 3. The summed E-state index contributed by atoms with van der Waals surface area (Å²) in [7, 11) is 0. The van der Waals surface area contributed by atoms with Gasteiger partial charge in [0.2, 0.25) is 0 Å². The zero-order valence-electron chi connectivity index (χ0n) is 8.19. The van der Waals surface area contributed by atoms with Crippen molar-refractivity contribution in [2.45, 2.75) is 39.0 Å². The molecule has 1 saturated heterocycles. The molecule has 0 aromatic heterocycles. The Morgan fingerprint density at radius 1 is 1.46 bits per heavy atom. The van der Waals surface area contributed by atoms with E-state index in [1.54, 1.807) is 6.92 Å². The molecule has 5 atom stereocenters. The minimum Gasteiger partial charge on any atom is -0.480 e. The summed E-state index contributed by atoms with van der Waals surface area (Å²) in [5, 5.41) is 21.3. The van der Waals surface area contributed by atoms with Crippen LogP contribution in [0.5, 0.6) is 0 Å². The molecule has 1 aliphatic rings. The Balaban J connectivity index is 2.75. The lowest BCUT2D eigenvalue weighted by atomic mass is 9.85. The van der Waals surface area contributed by atoms with Gasteiger partial charge < -0.3 is 15.5 Å². The predicted octanol–water partition coefficient (Wildman–Crippen LogP) is 0.0644. The summed E-state index contributed by atoms with van der Waals surface area (Å²) < 4.78 is 0. The van der Waals surface area contributed by atoms with E-state index in [1.165, 1.54) is 0 Å². The van der Waals surface area contributed by atoms with Crippen molar-refractivity contribution in [2.75, 3.05) is 0 Å². The molecule has 0 aromatic rings. The van der Waals surface area contributed by atoms with Crippen molar-refractivity contribution < 1.29 is 15.0 Å². The fourth-order valence-corrected chi connectivity index (χ4v) is 2.38. The largest absolute Gasteiger partial charge is 0.480 e. The SMILES string of the molecule is C[C@@H]1[C@@H]([C@@H](C)O)[C@H](C)N[C@@H]1C(=O)O. The number of aliphatic hydroxyl groups is 1. The lowest BCUT2D eigenvalue weighted by molar-refractivity contribution is -0.140. The van der Waals surface area contributed by atoms with Gasteiger partial charge in [0.05, 0.1) is 6.10 Å². The molecule has 0 spiro atoms. The Morgan fingerprint density at radius 3 is 2.23 bits per heavy atom. The van der Waals surface area contributed by atoms with Crippen LogP contribution in [0.15, 0.2) is 0 Å². The quantitative estimate of drug-likeness (QED) is 0.572. The van der Waals surface area contributed by atoms with Crippen molar-refractivity contribution in [3.63, 3.8) is 0 Å². The second-order valence-corrected chi connectivity index (χ2v) is 3.95. The van der Waals surface area contributed by atoms with Gasteiger partial charge in [0.15, 0.2) is 0 Å². The van der Waals surface area contributed by atoms with Crippen LogP contribution in [0.4, 0.5) is 0 Å². The average molecular weight is 187 g/mol. The first kappa shape index (κ1) is 10.5. The number of carboxylic acid groups (broad SMARTS) is 1. The number of aliphatic carboxylic acids is 1. The molecule has 1 fully saturated rings. The molecule has 0 radical (unpaired) electrons. The van der Waals surface area contributed by atoms with Crippen LogP contribution < -0.4 is 5.32 Å². The lowest BCUT2D eigenvalue weighted by Crippen LogP contribution is -2.36. The van der Waals surface area contributed by atoms with Gasteiger partial charge in [-0.25, -0.2) is 0 Å². The topological polar surface area (TPSA) is 69.6 Å². The van der Waals surface area contributed by atoms with E-state index in [0.29, 0.717) is 0 Å². The lowest BCUT2D eigenvalue weighted by Gasteiger charge is -2.22. The second kappa shape index (κ2) is 3.64. The maximum atomic E-state index is 10.8. The Kier molecular flexibility index (Phi) is 2.93. The van der Waals surface area contributed by atoms with E-state index in [4.69, 9.17) is 5.11 Å². The highest BCUT2D eigenvalue weighted by molar-refractivity contribution is 5.74. The molecule has 0 unspecified atom stereocenters. The van der Waals surface area contributed by atoms with E-state index < -0.39 is 18.1 Å². The molecule has 0 aliphatic carbocycles. The molecule has 1 rings (SSSR count). The highest BCUT2D eigenvalue weighted by Crippen LogP contribution is 2.29. The summed E-state index contributed by atoms with van der Waals surface area (Å²) >= 11 is 0. The van der Waals surface area contributed by atoms with Crippen molar-refractivity contribution in [2.24, 2.45) is 11.8 Å². The molecular weight excluding hydrogens is 170 g/mol. The summed E-state index contributed by atoms with van der Waals surface area (Å²) in [5.74, 6) is -0.823. The van der Waals surface area contributed by atoms with Gasteiger partial charge in [0, 0.05) is 12.0 Å². The summed E-state index contributed by atoms with van der Waals surface area (Å²) in [6.07, 6.45) is -0.457. The average Bonchev–Trinajstić information content (AvgIpc) is 2.26. The van der Waals surface area contributed by atoms with Crippen molar-refractivity contribution in [3.8, 4) is 0 Å². The zero-order chi connectivity index (χ0) is 10.2. The first-order valence-electron chi connectivity index (χ1n) is 4.62. The normalized spacial score (nSPS) is 41.8. The fraction of sp³-hybridized carbons (Fsp3) is 0.889. The molecule has 1 heterocycles. The van der Waals surface area contributed by atoms with Crippen molar-refractivity contribution >= 4 is 5.97 Å². The first-order chi connectivity index (χ1) is 5.95. The van der Waals surface area contributed by atoms with Crippen LogP contribution in [-0.2, 0) is 4.79 Å². The number of aliphatic hydroxyl groups excluding tert-OH is 1. The number of hydrogen-bond acceptors (Lipinski definition) is 3. The smallest absolute Gasteiger partial charge is 0.320 e. The summed E-state index contributed by atoms with van der Waals surface area (Å²) in [6.45, 7) is 5.49. The third-order valence-electron chi connectivity index (χ3n) is 2.98. The fourth-order valence-electron chi connectivity index (χ4n) is 2.38. The molecule has 76 valence electrons. The van der Waals surface area contributed by atoms with Crippen molar-refractivity contribution in [3.05, 3.63) is 0 Å². The molecule has 1 aliphatic heterocycles.